The highest BCUT2D eigenvalue weighted by Gasteiger charge is 2.17. The van der Waals surface area contributed by atoms with Gasteiger partial charge in [-0.15, -0.1) is 10.2 Å². The molecule has 0 unspecified atom stereocenters. The van der Waals surface area contributed by atoms with Crippen LogP contribution in [0, 0.1) is 0 Å². The molecule has 0 atom stereocenters. The molecule has 0 saturated heterocycles. The molecule has 0 aliphatic carbocycles. The monoisotopic (exact) mass is 449 g/mol. The Hall–Kier alpha value is -3.22. The first kappa shape index (κ1) is 24.4. The first-order valence-electron chi connectivity index (χ1n) is 11.5. The van der Waals surface area contributed by atoms with E-state index in [1.165, 1.54) is 22.3 Å². The average molecular weight is 450 g/mol. The van der Waals surface area contributed by atoms with Crippen LogP contribution in [0.4, 0.5) is 0 Å². The molecule has 7 heteroatoms. The van der Waals surface area contributed by atoms with Crippen LogP contribution < -0.4 is 4.74 Å². The number of hydrogen-bond acceptors (Lipinski definition) is 6. The highest BCUT2D eigenvalue weighted by atomic mass is 16.6. The Morgan fingerprint density at radius 1 is 0.909 bits per heavy atom. The van der Waals surface area contributed by atoms with Gasteiger partial charge in [-0.3, -0.25) is 0 Å². The largest absolute Gasteiger partial charge is 0.485 e. The van der Waals surface area contributed by atoms with E-state index in [-0.39, 0.29) is 6.61 Å². The number of H-pyrrole nitrogens is 1. The first-order valence-corrected chi connectivity index (χ1v) is 11.5. The van der Waals surface area contributed by atoms with Gasteiger partial charge >= 0.3 is 0 Å². The van der Waals surface area contributed by atoms with Crippen LogP contribution in [0.15, 0.2) is 41.6 Å². The van der Waals surface area contributed by atoms with Crippen LogP contribution in [0.2, 0.25) is 0 Å². The van der Waals surface area contributed by atoms with Crippen molar-refractivity contribution in [1.82, 2.24) is 20.6 Å². The summed E-state index contributed by atoms with van der Waals surface area (Å²) in [5.74, 6) is 2.57. The summed E-state index contributed by atoms with van der Waals surface area (Å²) in [5.41, 5.74) is 7.13. The summed E-state index contributed by atoms with van der Waals surface area (Å²) >= 11 is 0. The van der Waals surface area contributed by atoms with E-state index in [0.717, 1.165) is 17.0 Å². The fraction of sp³-hybridized carbons (Fsp3) is 0.462. The Bertz CT molecular complexity index is 1030. The summed E-state index contributed by atoms with van der Waals surface area (Å²) in [6.07, 6.45) is 0. The second-order valence-corrected chi connectivity index (χ2v) is 9.23. The Morgan fingerprint density at radius 2 is 1.55 bits per heavy atom. The van der Waals surface area contributed by atoms with Gasteiger partial charge in [-0.25, -0.2) is 0 Å². The number of hydrogen-bond donors (Lipinski definition) is 1. The van der Waals surface area contributed by atoms with E-state index in [4.69, 9.17) is 9.57 Å². The van der Waals surface area contributed by atoms with Crippen molar-refractivity contribution < 1.29 is 9.57 Å². The van der Waals surface area contributed by atoms with Crippen LogP contribution in [-0.4, -0.2) is 26.3 Å². The minimum absolute atomic E-state index is 0.262. The number of aromatic nitrogens is 4. The maximum absolute atomic E-state index is 5.87. The van der Waals surface area contributed by atoms with E-state index in [2.05, 4.69) is 79.5 Å². The molecule has 0 aliphatic heterocycles. The molecule has 0 radical (unpaired) electrons. The van der Waals surface area contributed by atoms with Crippen molar-refractivity contribution in [3.05, 3.63) is 70.0 Å². The van der Waals surface area contributed by atoms with Crippen LogP contribution in [-0.2, 0) is 18.1 Å². The number of benzene rings is 2. The molecule has 0 bridgehead atoms. The second kappa shape index (κ2) is 11.1. The minimum Gasteiger partial charge on any atom is -0.485 e. The third-order valence-corrected chi connectivity index (χ3v) is 5.69. The molecule has 0 fully saturated rings. The van der Waals surface area contributed by atoms with E-state index in [1.807, 2.05) is 31.2 Å². The van der Waals surface area contributed by atoms with Gasteiger partial charge in [-0.1, -0.05) is 64.0 Å². The van der Waals surface area contributed by atoms with Gasteiger partial charge in [0.1, 0.15) is 12.4 Å². The third-order valence-electron chi connectivity index (χ3n) is 5.69. The number of ether oxygens (including phenoxy) is 1. The van der Waals surface area contributed by atoms with Gasteiger partial charge in [0.25, 0.3) is 0 Å². The van der Waals surface area contributed by atoms with Gasteiger partial charge in [-0.2, -0.15) is 5.21 Å². The van der Waals surface area contributed by atoms with Crippen molar-refractivity contribution >= 4 is 5.71 Å². The van der Waals surface area contributed by atoms with Gasteiger partial charge in [0.2, 0.25) is 5.82 Å². The smallest absolute Gasteiger partial charge is 0.211 e. The molecule has 0 spiro atoms. The fourth-order valence-electron chi connectivity index (χ4n) is 3.70. The molecule has 7 nitrogen and oxygen atoms in total. The third kappa shape index (κ3) is 6.40. The number of nitrogens with zero attached hydrogens (tertiary/aromatic N) is 4. The quantitative estimate of drug-likeness (QED) is 0.299. The van der Waals surface area contributed by atoms with Crippen molar-refractivity contribution in [3.63, 3.8) is 0 Å². The molecule has 1 heterocycles. The van der Waals surface area contributed by atoms with E-state index in [0.29, 0.717) is 30.2 Å². The van der Waals surface area contributed by atoms with Gasteiger partial charge in [0.15, 0.2) is 6.61 Å². The molecular formula is C26H35N5O2. The number of tetrazole rings is 1. The highest BCUT2D eigenvalue weighted by Crippen LogP contribution is 2.32. The standard InChI is InChI=1S/C26H35N5O2/c1-16(2)21-12-23(17(3)4)25(24(13-21)18(5)6)14-33-29-19(7)20-8-10-22(11-9-20)32-15-26-27-30-31-28-26/h8-13,16-18H,14-15H2,1-7H3,(H,27,28,30,31)/b29-19+. The number of oxime groups is 1. The molecule has 0 saturated carbocycles. The zero-order valence-electron chi connectivity index (χ0n) is 20.7. The molecule has 3 aromatic rings. The molecule has 3 rings (SSSR count). The summed E-state index contributed by atoms with van der Waals surface area (Å²) in [6, 6.07) is 12.4. The van der Waals surface area contributed by atoms with Crippen molar-refractivity contribution in [1.29, 1.82) is 0 Å². The van der Waals surface area contributed by atoms with Gasteiger partial charge in [0.05, 0.1) is 5.71 Å². The normalized spacial score (nSPS) is 12.1. The Morgan fingerprint density at radius 3 is 2.06 bits per heavy atom. The maximum Gasteiger partial charge on any atom is 0.211 e. The molecule has 0 amide bonds. The lowest BCUT2D eigenvalue weighted by Gasteiger charge is -2.22. The molecule has 1 N–H and O–H groups in total. The van der Waals surface area contributed by atoms with Gasteiger partial charge in [-0.05, 0) is 76.8 Å². The second-order valence-electron chi connectivity index (χ2n) is 9.23. The predicted octanol–water partition coefficient (Wildman–Crippen LogP) is 6.09. The average Bonchev–Trinajstić information content (AvgIpc) is 3.31. The minimum atomic E-state index is 0.262. The lowest BCUT2D eigenvalue weighted by molar-refractivity contribution is 0.129. The molecule has 176 valence electrons. The number of aromatic amines is 1. The first-order chi connectivity index (χ1) is 15.8. The Kier molecular flexibility index (Phi) is 8.20. The van der Waals surface area contributed by atoms with Gasteiger partial charge < -0.3 is 9.57 Å². The van der Waals surface area contributed by atoms with Crippen LogP contribution in [0.1, 0.15) is 99.9 Å². The summed E-state index contributed by atoms with van der Waals surface area (Å²) in [4.78, 5) is 5.87. The molecule has 33 heavy (non-hydrogen) atoms. The van der Waals surface area contributed by atoms with Crippen molar-refractivity contribution in [2.45, 2.75) is 79.4 Å². The van der Waals surface area contributed by atoms with Crippen LogP contribution in [0.25, 0.3) is 0 Å². The maximum atomic E-state index is 5.87. The van der Waals surface area contributed by atoms with Crippen LogP contribution in [0.3, 0.4) is 0 Å². The summed E-state index contributed by atoms with van der Waals surface area (Å²) in [5, 5.41) is 18.1. The Balaban J connectivity index is 1.71. The lowest BCUT2D eigenvalue weighted by atomic mass is 9.85. The van der Waals surface area contributed by atoms with E-state index in [9.17, 15) is 0 Å². The predicted molar refractivity (Wildman–Crippen MR) is 131 cm³/mol. The molecular weight excluding hydrogens is 414 g/mol. The van der Waals surface area contributed by atoms with E-state index < -0.39 is 0 Å². The van der Waals surface area contributed by atoms with Crippen LogP contribution >= 0.6 is 0 Å². The SMILES string of the molecule is C/C(=N\OCc1c(C(C)C)cc(C(C)C)cc1C(C)C)c1ccc(OCc2nn[nH]n2)cc1. The van der Waals surface area contributed by atoms with Gasteiger partial charge in [0, 0.05) is 0 Å². The summed E-state index contributed by atoms with van der Waals surface area (Å²) < 4.78 is 5.67. The fourth-order valence-corrected chi connectivity index (χ4v) is 3.70. The van der Waals surface area contributed by atoms with Crippen LogP contribution in [0.5, 0.6) is 5.75 Å². The lowest BCUT2D eigenvalue weighted by Crippen LogP contribution is -2.08. The zero-order valence-corrected chi connectivity index (χ0v) is 20.7. The number of rotatable bonds is 10. The molecule has 1 aromatic heterocycles. The highest BCUT2D eigenvalue weighted by molar-refractivity contribution is 5.98. The van der Waals surface area contributed by atoms with Crippen molar-refractivity contribution in [2.75, 3.05) is 0 Å². The summed E-state index contributed by atoms with van der Waals surface area (Å²) in [7, 11) is 0. The van der Waals surface area contributed by atoms with E-state index >= 15 is 0 Å². The number of nitrogens with one attached hydrogen (secondary N) is 1. The zero-order chi connectivity index (χ0) is 24.0. The topological polar surface area (TPSA) is 85.3 Å². The van der Waals surface area contributed by atoms with Crippen molar-refractivity contribution in [3.8, 4) is 5.75 Å². The van der Waals surface area contributed by atoms with E-state index in [1.54, 1.807) is 0 Å². The van der Waals surface area contributed by atoms with Crippen molar-refractivity contribution in [2.24, 2.45) is 5.16 Å². The Labute approximate surface area is 196 Å². The summed E-state index contributed by atoms with van der Waals surface area (Å²) in [6.45, 7) is 16.1. The molecule has 2 aromatic carbocycles. The molecule has 0 aliphatic rings.